The van der Waals surface area contributed by atoms with E-state index in [1.807, 2.05) is 30.3 Å². The molecule has 3 rings (SSSR count). The van der Waals surface area contributed by atoms with Crippen molar-refractivity contribution < 1.29 is 4.79 Å². The molecule has 0 bridgehead atoms. The zero-order valence-electron chi connectivity index (χ0n) is 10.9. The molecular weight excluding hydrogens is 236 g/mol. The predicted molar refractivity (Wildman–Crippen MR) is 78.2 cm³/mol. The minimum absolute atomic E-state index is 0.116. The number of rotatable bonds is 3. The second kappa shape index (κ2) is 5.41. The zero-order valence-corrected chi connectivity index (χ0v) is 10.9. The Hall–Kier alpha value is -1.87. The fourth-order valence-electron chi connectivity index (χ4n) is 2.69. The van der Waals surface area contributed by atoms with Crippen molar-refractivity contribution in [1.82, 2.24) is 5.32 Å². The van der Waals surface area contributed by atoms with Gasteiger partial charge >= 0.3 is 0 Å². The number of hydrogen-bond donors (Lipinski definition) is 2. The molecule has 0 spiro atoms. The second-order valence-corrected chi connectivity index (χ2v) is 5.14. The Morgan fingerprint density at radius 2 is 2.05 bits per heavy atom. The lowest BCUT2D eigenvalue weighted by molar-refractivity contribution is -0.116. The second-order valence-electron chi connectivity index (χ2n) is 5.14. The van der Waals surface area contributed by atoms with Crippen LogP contribution in [-0.2, 0) is 4.79 Å². The summed E-state index contributed by atoms with van der Waals surface area (Å²) in [5.41, 5.74) is 0.911. The van der Waals surface area contributed by atoms with E-state index in [0.717, 1.165) is 36.0 Å². The molecule has 2 N–H and O–H groups in total. The Labute approximate surface area is 113 Å². The molecule has 0 aliphatic carbocycles. The van der Waals surface area contributed by atoms with Crippen LogP contribution in [0.4, 0.5) is 5.69 Å². The largest absolute Gasteiger partial charge is 0.326 e. The fraction of sp³-hybridized carbons (Fsp3) is 0.312. The van der Waals surface area contributed by atoms with Crippen molar-refractivity contribution in [3.63, 3.8) is 0 Å². The topological polar surface area (TPSA) is 41.1 Å². The van der Waals surface area contributed by atoms with Crippen molar-refractivity contribution in [2.24, 2.45) is 5.92 Å². The van der Waals surface area contributed by atoms with Crippen molar-refractivity contribution in [2.45, 2.75) is 12.8 Å². The number of anilines is 1. The summed E-state index contributed by atoms with van der Waals surface area (Å²) in [6.45, 7) is 2.00. The average molecular weight is 254 g/mol. The molecule has 3 nitrogen and oxygen atoms in total. The third kappa shape index (κ3) is 2.76. The first kappa shape index (κ1) is 12.2. The van der Waals surface area contributed by atoms with Gasteiger partial charge in [0.05, 0.1) is 0 Å². The highest BCUT2D eigenvalue weighted by atomic mass is 16.1. The number of carbonyl (C=O) groups is 1. The summed E-state index contributed by atoms with van der Waals surface area (Å²) in [5.74, 6) is 0.597. The highest BCUT2D eigenvalue weighted by Crippen LogP contribution is 2.23. The lowest BCUT2D eigenvalue weighted by Gasteiger charge is -2.11. The highest BCUT2D eigenvalue weighted by Gasteiger charge is 2.18. The molecule has 2 aromatic carbocycles. The maximum Gasteiger partial charge on any atom is 0.224 e. The summed E-state index contributed by atoms with van der Waals surface area (Å²) < 4.78 is 0. The van der Waals surface area contributed by atoms with Crippen LogP contribution >= 0.6 is 0 Å². The minimum Gasteiger partial charge on any atom is -0.326 e. The molecule has 1 amide bonds. The number of amides is 1. The Bertz CT molecular complexity index is 583. The number of nitrogens with one attached hydrogen (secondary N) is 2. The first-order chi connectivity index (χ1) is 9.33. The molecule has 1 aliphatic rings. The molecular formula is C16H18N2O. The predicted octanol–water partition coefficient (Wildman–Crippen LogP) is 2.78. The molecule has 0 saturated carbocycles. The minimum atomic E-state index is 0.116. The van der Waals surface area contributed by atoms with E-state index in [2.05, 4.69) is 22.8 Å². The van der Waals surface area contributed by atoms with Gasteiger partial charge in [0, 0.05) is 17.5 Å². The molecule has 2 aromatic rings. The summed E-state index contributed by atoms with van der Waals surface area (Å²) in [6, 6.07) is 14.1. The van der Waals surface area contributed by atoms with Gasteiger partial charge in [-0.1, -0.05) is 36.4 Å². The molecule has 0 radical (unpaired) electrons. The Balaban J connectivity index is 1.75. The van der Waals surface area contributed by atoms with E-state index in [1.54, 1.807) is 0 Å². The van der Waals surface area contributed by atoms with E-state index in [4.69, 9.17) is 0 Å². The average Bonchev–Trinajstić information content (AvgIpc) is 2.92. The van der Waals surface area contributed by atoms with Crippen molar-refractivity contribution in [3.8, 4) is 0 Å². The van der Waals surface area contributed by atoms with Gasteiger partial charge in [0.2, 0.25) is 5.91 Å². The van der Waals surface area contributed by atoms with Gasteiger partial charge < -0.3 is 10.6 Å². The van der Waals surface area contributed by atoms with Crippen LogP contribution in [0.3, 0.4) is 0 Å². The summed E-state index contributed by atoms with van der Waals surface area (Å²) in [7, 11) is 0. The van der Waals surface area contributed by atoms with Gasteiger partial charge in [-0.05, 0) is 36.9 Å². The summed E-state index contributed by atoms with van der Waals surface area (Å²) in [6.07, 6.45) is 1.71. The molecule has 1 heterocycles. The van der Waals surface area contributed by atoms with E-state index < -0.39 is 0 Å². The van der Waals surface area contributed by atoms with Crippen LogP contribution in [0.5, 0.6) is 0 Å². The Kier molecular flexibility index (Phi) is 3.47. The maximum absolute atomic E-state index is 12.1. The van der Waals surface area contributed by atoms with Crippen molar-refractivity contribution in [3.05, 3.63) is 42.5 Å². The van der Waals surface area contributed by atoms with Gasteiger partial charge in [-0.2, -0.15) is 0 Å². The van der Waals surface area contributed by atoms with E-state index in [1.165, 1.54) is 0 Å². The molecule has 1 saturated heterocycles. The first-order valence-electron chi connectivity index (χ1n) is 6.81. The third-order valence-corrected chi connectivity index (χ3v) is 3.70. The summed E-state index contributed by atoms with van der Waals surface area (Å²) >= 11 is 0. The van der Waals surface area contributed by atoms with Crippen LogP contribution < -0.4 is 10.6 Å². The van der Waals surface area contributed by atoms with Crippen molar-refractivity contribution >= 4 is 22.4 Å². The van der Waals surface area contributed by atoms with Crippen molar-refractivity contribution in [1.29, 1.82) is 0 Å². The van der Waals surface area contributed by atoms with Crippen LogP contribution in [0.2, 0.25) is 0 Å². The van der Waals surface area contributed by atoms with Crippen LogP contribution in [0, 0.1) is 5.92 Å². The molecule has 0 aromatic heterocycles. The molecule has 98 valence electrons. The third-order valence-electron chi connectivity index (χ3n) is 3.70. The molecule has 3 heteroatoms. The number of benzene rings is 2. The fourth-order valence-corrected chi connectivity index (χ4v) is 2.69. The van der Waals surface area contributed by atoms with E-state index >= 15 is 0 Å². The van der Waals surface area contributed by atoms with Gasteiger partial charge in [-0.15, -0.1) is 0 Å². The van der Waals surface area contributed by atoms with Gasteiger partial charge in [0.1, 0.15) is 0 Å². The number of hydrogen-bond acceptors (Lipinski definition) is 2. The van der Waals surface area contributed by atoms with E-state index in [-0.39, 0.29) is 5.91 Å². The molecule has 1 aliphatic heterocycles. The van der Waals surface area contributed by atoms with E-state index in [0.29, 0.717) is 12.3 Å². The van der Waals surface area contributed by atoms with E-state index in [9.17, 15) is 4.79 Å². The quantitative estimate of drug-likeness (QED) is 0.884. The van der Waals surface area contributed by atoms with Gasteiger partial charge in [0.15, 0.2) is 0 Å². The SMILES string of the molecule is O=C(CC1CCNC1)Nc1cccc2ccccc12. The number of fused-ring (bicyclic) bond motifs is 1. The highest BCUT2D eigenvalue weighted by molar-refractivity contribution is 6.02. The van der Waals surface area contributed by atoms with Gasteiger partial charge in [-0.3, -0.25) is 4.79 Å². The summed E-state index contributed by atoms with van der Waals surface area (Å²) in [4.78, 5) is 12.1. The zero-order chi connectivity index (χ0) is 13.1. The van der Waals surface area contributed by atoms with Crippen LogP contribution in [0.15, 0.2) is 42.5 Å². The molecule has 1 atom stereocenters. The lowest BCUT2D eigenvalue weighted by Crippen LogP contribution is -2.18. The first-order valence-corrected chi connectivity index (χ1v) is 6.81. The van der Waals surface area contributed by atoms with Crippen LogP contribution in [-0.4, -0.2) is 19.0 Å². The van der Waals surface area contributed by atoms with Crippen LogP contribution in [0.1, 0.15) is 12.8 Å². The molecule has 19 heavy (non-hydrogen) atoms. The smallest absolute Gasteiger partial charge is 0.224 e. The lowest BCUT2D eigenvalue weighted by atomic mass is 10.0. The maximum atomic E-state index is 12.1. The standard InChI is InChI=1S/C16H18N2O/c19-16(10-12-8-9-17-11-12)18-15-7-3-5-13-4-1-2-6-14(13)15/h1-7,12,17H,8-11H2,(H,18,19). The van der Waals surface area contributed by atoms with Gasteiger partial charge in [-0.25, -0.2) is 0 Å². The summed E-state index contributed by atoms with van der Waals surface area (Å²) in [5, 5.41) is 8.59. The molecule has 1 unspecified atom stereocenters. The molecule has 1 fully saturated rings. The Morgan fingerprint density at radius 3 is 2.89 bits per heavy atom. The number of carbonyl (C=O) groups excluding carboxylic acids is 1. The van der Waals surface area contributed by atoms with Gasteiger partial charge in [0.25, 0.3) is 0 Å². The van der Waals surface area contributed by atoms with Crippen LogP contribution in [0.25, 0.3) is 10.8 Å². The van der Waals surface area contributed by atoms with Crippen molar-refractivity contribution in [2.75, 3.05) is 18.4 Å². The Morgan fingerprint density at radius 1 is 1.21 bits per heavy atom. The monoisotopic (exact) mass is 254 g/mol. The normalized spacial score (nSPS) is 18.6.